The van der Waals surface area contributed by atoms with Gasteiger partial charge in [-0.3, -0.25) is 9.59 Å². The number of amides is 1. The lowest BCUT2D eigenvalue weighted by Crippen LogP contribution is -2.41. The van der Waals surface area contributed by atoms with E-state index in [0.29, 0.717) is 12.2 Å². The minimum Gasteiger partial charge on any atom is -0.481 e. The van der Waals surface area contributed by atoms with Crippen LogP contribution in [0.3, 0.4) is 0 Å². The molecule has 1 aromatic heterocycles. The average Bonchev–Trinajstić information content (AvgIpc) is 3.17. The number of nitrogens with zero attached hydrogens (tertiary/aromatic N) is 1. The topological polar surface area (TPSA) is 118 Å². The predicted molar refractivity (Wildman–Crippen MR) is 160 cm³/mol. The van der Waals surface area contributed by atoms with Gasteiger partial charge in [0.05, 0.1) is 32.2 Å². The van der Waals surface area contributed by atoms with Gasteiger partial charge in [0, 0.05) is 29.9 Å². The number of hydrogen-bond acceptors (Lipinski definition) is 4. The lowest BCUT2D eigenvalue weighted by Gasteiger charge is -2.25. The Bertz CT molecular complexity index is 1470. The minimum absolute atomic E-state index is 0.0475. The van der Waals surface area contributed by atoms with Crippen LogP contribution in [0.5, 0.6) is 0 Å². The summed E-state index contributed by atoms with van der Waals surface area (Å²) in [6.07, 6.45) is 0.0938. The Kier molecular flexibility index (Phi) is 10.4. The molecule has 0 bridgehead atoms. The predicted octanol–water partition coefficient (Wildman–Crippen LogP) is 7.02. The molecule has 1 saturated carbocycles. The molecule has 1 aliphatic rings. The van der Waals surface area contributed by atoms with E-state index < -0.39 is 54.5 Å². The Balaban J connectivity index is 2.15. The molecule has 1 aromatic carbocycles. The summed E-state index contributed by atoms with van der Waals surface area (Å²) in [5, 5.41) is 11.3. The fraction of sp³-hybridized carbons (Fsp3) is 0.600. The standard InChI is InChI=1S/C30H41ClF3N3O5S/c1-18-21(26(38)35-15-14-29(5,6)27(39)40)16-22(37(18)17-19-10-8-7-9-11-19)20-12-13-23(24(25(20)31)30(32,33)34)43(41,42)36-28(2,3)4/h12-13,16,19,36H,7-11,14-15,17H2,1-6H3,(H,35,38)(H,39,40). The molecule has 1 heterocycles. The number of halogens is 4. The van der Waals surface area contributed by atoms with Gasteiger partial charge in [-0.1, -0.05) is 36.9 Å². The van der Waals surface area contributed by atoms with Gasteiger partial charge < -0.3 is 15.0 Å². The third kappa shape index (κ3) is 8.33. The number of rotatable bonds is 10. The van der Waals surface area contributed by atoms with Crippen molar-refractivity contribution < 1.29 is 36.3 Å². The van der Waals surface area contributed by atoms with Crippen LogP contribution in [0.15, 0.2) is 23.1 Å². The first kappa shape index (κ1) is 34.9. The van der Waals surface area contributed by atoms with Crippen LogP contribution in [0.2, 0.25) is 5.02 Å². The molecule has 0 unspecified atom stereocenters. The monoisotopic (exact) mass is 647 g/mol. The number of hydrogen-bond donors (Lipinski definition) is 3. The average molecular weight is 648 g/mol. The normalized spacial score (nSPS) is 15.5. The summed E-state index contributed by atoms with van der Waals surface area (Å²) >= 11 is 6.45. The molecule has 3 rings (SSSR count). The minimum atomic E-state index is -5.10. The van der Waals surface area contributed by atoms with E-state index in [0.717, 1.165) is 38.2 Å². The summed E-state index contributed by atoms with van der Waals surface area (Å²) in [5.74, 6) is -1.26. The van der Waals surface area contributed by atoms with Gasteiger partial charge in [0.2, 0.25) is 10.0 Å². The number of carboxylic acid groups (broad SMARTS) is 1. The van der Waals surface area contributed by atoms with Crippen molar-refractivity contribution in [3.8, 4) is 11.3 Å². The summed E-state index contributed by atoms with van der Waals surface area (Å²) in [4.78, 5) is 23.7. The van der Waals surface area contributed by atoms with Crippen LogP contribution in [0, 0.1) is 18.3 Å². The molecule has 43 heavy (non-hydrogen) atoms. The summed E-state index contributed by atoms with van der Waals surface area (Å²) in [7, 11) is -4.60. The molecule has 1 fully saturated rings. The van der Waals surface area contributed by atoms with Gasteiger partial charge in [-0.05, 0) is 78.9 Å². The maximum absolute atomic E-state index is 14.5. The number of carbonyl (C=O) groups excluding carboxylic acids is 1. The molecule has 0 radical (unpaired) electrons. The van der Waals surface area contributed by atoms with Crippen LogP contribution in [0.4, 0.5) is 13.2 Å². The second-order valence-corrected chi connectivity index (χ2v) is 15.0. The van der Waals surface area contributed by atoms with Crippen LogP contribution < -0.4 is 10.0 Å². The molecule has 1 aliphatic carbocycles. The second kappa shape index (κ2) is 12.8. The zero-order valence-corrected chi connectivity index (χ0v) is 27.0. The van der Waals surface area contributed by atoms with Gasteiger partial charge in [-0.15, -0.1) is 0 Å². The quantitative estimate of drug-likeness (QED) is 0.256. The SMILES string of the molecule is Cc1c(C(=O)NCCC(C)(C)C(=O)O)cc(-c2ccc(S(=O)(=O)NC(C)(C)C)c(C(F)(F)F)c2Cl)n1CC1CCCCC1. The molecule has 2 aromatic rings. The van der Waals surface area contributed by atoms with Crippen LogP contribution in [0.25, 0.3) is 11.3 Å². The van der Waals surface area contributed by atoms with Crippen molar-refractivity contribution in [1.82, 2.24) is 14.6 Å². The highest BCUT2D eigenvalue weighted by atomic mass is 35.5. The number of sulfonamides is 1. The van der Waals surface area contributed by atoms with Crippen molar-refractivity contribution in [3.05, 3.63) is 40.0 Å². The van der Waals surface area contributed by atoms with Gasteiger partial charge in [0.15, 0.2) is 0 Å². The second-order valence-electron chi connectivity index (χ2n) is 13.0. The molecule has 3 N–H and O–H groups in total. The molecule has 0 atom stereocenters. The van der Waals surface area contributed by atoms with Crippen molar-refractivity contribution in [2.45, 2.75) is 103 Å². The Labute approximate surface area is 256 Å². The first-order valence-electron chi connectivity index (χ1n) is 14.3. The van der Waals surface area contributed by atoms with E-state index in [2.05, 4.69) is 10.0 Å². The Morgan fingerprint density at radius 3 is 2.21 bits per heavy atom. The van der Waals surface area contributed by atoms with Crippen molar-refractivity contribution in [3.63, 3.8) is 0 Å². The van der Waals surface area contributed by atoms with Gasteiger partial charge in [0.25, 0.3) is 5.91 Å². The van der Waals surface area contributed by atoms with Crippen LogP contribution >= 0.6 is 11.6 Å². The van der Waals surface area contributed by atoms with Crippen molar-refractivity contribution in [2.24, 2.45) is 11.3 Å². The zero-order chi connectivity index (χ0) is 32.5. The van der Waals surface area contributed by atoms with E-state index in [1.54, 1.807) is 25.3 Å². The molecule has 0 spiro atoms. The number of benzene rings is 1. The van der Waals surface area contributed by atoms with E-state index >= 15 is 0 Å². The maximum Gasteiger partial charge on any atom is 0.419 e. The number of carboxylic acids is 1. The Morgan fingerprint density at radius 2 is 1.67 bits per heavy atom. The van der Waals surface area contributed by atoms with Crippen molar-refractivity contribution in [2.75, 3.05) is 6.54 Å². The summed E-state index contributed by atoms with van der Waals surface area (Å²) in [6.45, 7) is 9.88. The van der Waals surface area contributed by atoms with Gasteiger partial charge >= 0.3 is 12.1 Å². The fourth-order valence-corrected chi connectivity index (χ4v) is 7.43. The first-order valence-corrected chi connectivity index (χ1v) is 16.2. The number of aliphatic carboxylic acids is 1. The lowest BCUT2D eigenvalue weighted by molar-refractivity contribution is -0.147. The fourth-order valence-electron chi connectivity index (χ4n) is 5.35. The van der Waals surface area contributed by atoms with E-state index in [1.165, 1.54) is 32.9 Å². The first-order chi connectivity index (χ1) is 19.7. The highest BCUT2D eigenvalue weighted by molar-refractivity contribution is 7.89. The smallest absolute Gasteiger partial charge is 0.419 e. The zero-order valence-electron chi connectivity index (χ0n) is 25.4. The molecular formula is C30H41ClF3N3O5S. The van der Waals surface area contributed by atoms with Crippen LogP contribution in [0.1, 0.15) is 94.8 Å². The van der Waals surface area contributed by atoms with Crippen LogP contribution in [-0.2, 0) is 27.5 Å². The molecule has 8 nitrogen and oxygen atoms in total. The van der Waals surface area contributed by atoms with E-state index in [1.807, 2.05) is 0 Å². The molecule has 0 saturated heterocycles. The number of carbonyl (C=O) groups is 2. The van der Waals surface area contributed by atoms with Crippen LogP contribution in [-0.4, -0.2) is 42.1 Å². The van der Waals surface area contributed by atoms with Gasteiger partial charge in [-0.25, -0.2) is 13.1 Å². The largest absolute Gasteiger partial charge is 0.481 e. The molecule has 1 amide bonds. The van der Waals surface area contributed by atoms with Gasteiger partial charge in [-0.2, -0.15) is 13.2 Å². The van der Waals surface area contributed by atoms with E-state index in [-0.39, 0.29) is 35.7 Å². The summed E-state index contributed by atoms with van der Waals surface area (Å²) in [5.41, 5.74) is -2.63. The van der Waals surface area contributed by atoms with E-state index in [9.17, 15) is 36.3 Å². The molecule has 0 aliphatic heterocycles. The molecular weight excluding hydrogens is 607 g/mol. The van der Waals surface area contributed by atoms with Crippen molar-refractivity contribution >= 4 is 33.5 Å². The highest BCUT2D eigenvalue weighted by Crippen LogP contribution is 2.45. The number of alkyl halides is 3. The third-order valence-electron chi connectivity index (χ3n) is 7.78. The number of nitrogens with one attached hydrogen (secondary N) is 2. The molecule has 240 valence electrons. The summed E-state index contributed by atoms with van der Waals surface area (Å²) in [6, 6.07) is 3.62. The number of aromatic nitrogens is 1. The lowest BCUT2D eigenvalue weighted by atomic mass is 9.89. The Morgan fingerprint density at radius 1 is 1.07 bits per heavy atom. The van der Waals surface area contributed by atoms with E-state index in [4.69, 9.17) is 11.6 Å². The highest BCUT2D eigenvalue weighted by Gasteiger charge is 2.42. The third-order valence-corrected chi connectivity index (χ3v) is 9.98. The Hall–Kier alpha value is -2.57. The van der Waals surface area contributed by atoms with Gasteiger partial charge in [0.1, 0.15) is 0 Å². The molecule has 13 heteroatoms. The maximum atomic E-state index is 14.5. The van der Waals surface area contributed by atoms with Crippen molar-refractivity contribution in [1.29, 1.82) is 0 Å². The summed E-state index contributed by atoms with van der Waals surface area (Å²) < 4.78 is 73.5.